The Labute approximate surface area is 171 Å². The first-order valence-corrected chi connectivity index (χ1v) is 11.0. The number of carbonyl (C=O) groups is 1. The monoisotopic (exact) mass is 427 g/mol. The summed E-state index contributed by atoms with van der Waals surface area (Å²) in [5, 5.41) is 13.1. The summed E-state index contributed by atoms with van der Waals surface area (Å²) in [5.74, 6) is -0.791. The van der Waals surface area contributed by atoms with Crippen molar-refractivity contribution >= 4 is 59.8 Å². The standard InChI is InChI=1S/C20H17N3O4S2/c1-20(2,19(24)25)29(26,27)14-5-6-15-12(9-14)3-8-18(23-15)22-13-4-7-17-16(10-13)21-11-28-17/h3-11H,1-2H3,(H,22,23)(H,24,25). The molecule has 0 aliphatic carbocycles. The molecular formula is C20H17N3O4S2. The van der Waals surface area contributed by atoms with Gasteiger partial charge in [-0.1, -0.05) is 0 Å². The lowest BCUT2D eigenvalue weighted by Gasteiger charge is -2.20. The van der Waals surface area contributed by atoms with Crippen LogP contribution in [0.4, 0.5) is 11.5 Å². The Morgan fingerprint density at radius 1 is 1.07 bits per heavy atom. The van der Waals surface area contributed by atoms with Crippen LogP contribution in [-0.2, 0) is 14.6 Å². The van der Waals surface area contributed by atoms with Crippen LogP contribution in [0.2, 0.25) is 0 Å². The van der Waals surface area contributed by atoms with Gasteiger partial charge in [-0.15, -0.1) is 11.3 Å². The molecule has 0 saturated heterocycles. The summed E-state index contributed by atoms with van der Waals surface area (Å²) < 4.78 is 24.6. The molecule has 0 unspecified atom stereocenters. The number of carboxylic acids is 1. The Morgan fingerprint density at radius 2 is 1.86 bits per heavy atom. The van der Waals surface area contributed by atoms with E-state index in [0.717, 1.165) is 15.9 Å². The van der Waals surface area contributed by atoms with Gasteiger partial charge in [-0.05, 0) is 62.4 Å². The number of nitrogens with one attached hydrogen (secondary N) is 1. The lowest BCUT2D eigenvalue weighted by atomic mass is 10.2. The largest absolute Gasteiger partial charge is 0.480 e. The van der Waals surface area contributed by atoms with Crippen molar-refractivity contribution in [3.05, 3.63) is 54.0 Å². The first-order valence-electron chi connectivity index (χ1n) is 8.67. The molecule has 2 aromatic heterocycles. The maximum absolute atomic E-state index is 12.7. The number of thiazole rings is 1. The lowest BCUT2D eigenvalue weighted by molar-refractivity contribution is -0.139. The second kappa shape index (κ2) is 6.78. The van der Waals surface area contributed by atoms with Crippen molar-refractivity contribution in [3.8, 4) is 0 Å². The van der Waals surface area contributed by atoms with Gasteiger partial charge in [-0.25, -0.2) is 18.4 Å². The summed E-state index contributed by atoms with van der Waals surface area (Å²) in [6, 6.07) is 13.8. The number of carboxylic acid groups (broad SMARTS) is 1. The molecule has 0 atom stereocenters. The molecule has 0 aliphatic heterocycles. The van der Waals surface area contributed by atoms with E-state index in [1.54, 1.807) is 35.0 Å². The summed E-state index contributed by atoms with van der Waals surface area (Å²) in [5.41, 5.74) is 4.13. The fraction of sp³-hybridized carbons (Fsp3) is 0.150. The van der Waals surface area contributed by atoms with Crippen LogP contribution in [0.5, 0.6) is 0 Å². The zero-order valence-electron chi connectivity index (χ0n) is 15.6. The van der Waals surface area contributed by atoms with Gasteiger partial charge >= 0.3 is 5.97 Å². The Morgan fingerprint density at radius 3 is 2.62 bits per heavy atom. The minimum absolute atomic E-state index is 0.0473. The van der Waals surface area contributed by atoms with Crippen LogP contribution in [0.25, 0.3) is 21.1 Å². The Balaban J connectivity index is 1.67. The maximum atomic E-state index is 12.7. The average molecular weight is 428 g/mol. The number of fused-ring (bicyclic) bond motifs is 2. The molecule has 9 heteroatoms. The molecule has 0 amide bonds. The smallest absolute Gasteiger partial charge is 0.324 e. The van der Waals surface area contributed by atoms with Crippen LogP contribution < -0.4 is 5.32 Å². The number of sulfone groups is 1. The number of rotatable bonds is 5. The number of pyridine rings is 1. The van der Waals surface area contributed by atoms with E-state index in [-0.39, 0.29) is 4.90 Å². The van der Waals surface area contributed by atoms with Crippen LogP contribution in [-0.4, -0.2) is 34.2 Å². The minimum Gasteiger partial charge on any atom is -0.480 e. The number of aliphatic carboxylic acids is 1. The SMILES string of the molecule is CC(C)(C(=O)O)S(=O)(=O)c1ccc2nc(Nc3ccc4scnc4c3)ccc2c1. The molecule has 2 N–H and O–H groups in total. The second-order valence-electron chi connectivity index (χ2n) is 7.03. The van der Waals surface area contributed by atoms with E-state index in [1.165, 1.54) is 26.0 Å². The van der Waals surface area contributed by atoms with Crippen LogP contribution >= 0.6 is 11.3 Å². The summed E-state index contributed by atoms with van der Waals surface area (Å²) in [6.07, 6.45) is 0. The van der Waals surface area contributed by atoms with Gasteiger partial charge in [0.1, 0.15) is 5.82 Å². The molecule has 2 heterocycles. The van der Waals surface area contributed by atoms with Crippen molar-refractivity contribution in [1.29, 1.82) is 0 Å². The number of hydrogen-bond donors (Lipinski definition) is 2. The van der Waals surface area contributed by atoms with Crippen molar-refractivity contribution < 1.29 is 18.3 Å². The number of aromatic nitrogens is 2. The molecule has 4 rings (SSSR count). The van der Waals surface area contributed by atoms with Gasteiger partial charge in [0.15, 0.2) is 14.6 Å². The Kier molecular flexibility index (Phi) is 4.51. The van der Waals surface area contributed by atoms with E-state index in [1.807, 2.05) is 18.2 Å². The van der Waals surface area contributed by atoms with E-state index in [0.29, 0.717) is 16.7 Å². The predicted octanol–water partition coefficient (Wildman–Crippen LogP) is 4.23. The van der Waals surface area contributed by atoms with Gasteiger partial charge in [0.05, 0.1) is 26.1 Å². The Hall–Kier alpha value is -3.04. The van der Waals surface area contributed by atoms with Gasteiger partial charge in [-0.3, -0.25) is 4.79 Å². The van der Waals surface area contributed by atoms with E-state index in [2.05, 4.69) is 15.3 Å². The molecule has 0 radical (unpaired) electrons. The first kappa shape index (κ1) is 19.3. The molecule has 0 saturated carbocycles. The van der Waals surface area contributed by atoms with E-state index >= 15 is 0 Å². The van der Waals surface area contributed by atoms with Crippen LogP contribution in [0.15, 0.2) is 58.9 Å². The number of anilines is 2. The molecule has 29 heavy (non-hydrogen) atoms. The van der Waals surface area contributed by atoms with Gasteiger partial charge in [-0.2, -0.15) is 0 Å². The number of nitrogens with zero attached hydrogens (tertiary/aromatic N) is 2. The number of benzene rings is 2. The first-order chi connectivity index (χ1) is 13.7. The highest BCUT2D eigenvalue weighted by Crippen LogP contribution is 2.29. The molecule has 7 nitrogen and oxygen atoms in total. The van der Waals surface area contributed by atoms with E-state index < -0.39 is 20.6 Å². The van der Waals surface area contributed by atoms with Crippen molar-refractivity contribution in [2.75, 3.05) is 5.32 Å². The van der Waals surface area contributed by atoms with Gasteiger partial charge in [0.2, 0.25) is 0 Å². The zero-order valence-corrected chi connectivity index (χ0v) is 17.2. The third kappa shape index (κ3) is 3.32. The van der Waals surface area contributed by atoms with Crippen molar-refractivity contribution in [2.45, 2.75) is 23.5 Å². The Bertz CT molecular complexity index is 1360. The third-order valence-corrected chi connectivity index (χ3v) is 7.96. The summed E-state index contributed by atoms with van der Waals surface area (Å²) >= 11 is 1.57. The van der Waals surface area contributed by atoms with E-state index in [9.17, 15) is 18.3 Å². The van der Waals surface area contributed by atoms with Gasteiger partial charge < -0.3 is 10.4 Å². The van der Waals surface area contributed by atoms with Gasteiger partial charge in [0, 0.05) is 11.1 Å². The van der Waals surface area contributed by atoms with Crippen molar-refractivity contribution in [1.82, 2.24) is 9.97 Å². The van der Waals surface area contributed by atoms with Gasteiger partial charge in [0.25, 0.3) is 0 Å². The van der Waals surface area contributed by atoms with Crippen LogP contribution in [0.1, 0.15) is 13.8 Å². The summed E-state index contributed by atoms with van der Waals surface area (Å²) in [7, 11) is -4.05. The summed E-state index contributed by atoms with van der Waals surface area (Å²) in [6.45, 7) is 2.36. The summed E-state index contributed by atoms with van der Waals surface area (Å²) in [4.78, 5) is 20.2. The average Bonchev–Trinajstić information content (AvgIpc) is 3.15. The highest BCUT2D eigenvalue weighted by atomic mass is 32.2. The normalized spacial score (nSPS) is 12.3. The fourth-order valence-electron chi connectivity index (χ4n) is 2.83. The maximum Gasteiger partial charge on any atom is 0.324 e. The van der Waals surface area contributed by atoms with Crippen molar-refractivity contribution in [2.24, 2.45) is 0 Å². The molecule has 0 aliphatic rings. The highest BCUT2D eigenvalue weighted by Gasteiger charge is 2.43. The molecule has 0 fully saturated rings. The highest BCUT2D eigenvalue weighted by molar-refractivity contribution is 7.93. The third-order valence-electron chi connectivity index (χ3n) is 4.76. The van der Waals surface area contributed by atoms with Crippen LogP contribution in [0, 0.1) is 0 Å². The zero-order chi connectivity index (χ0) is 20.8. The molecule has 4 aromatic rings. The molecular weight excluding hydrogens is 410 g/mol. The predicted molar refractivity (Wildman–Crippen MR) is 114 cm³/mol. The topological polar surface area (TPSA) is 109 Å². The fourth-order valence-corrected chi connectivity index (χ4v) is 4.84. The van der Waals surface area contributed by atoms with E-state index in [4.69, 9.17) is 0 Å². The minimum atomic E-state index is -4.05. The molecule has 2 aromatic carbocycles. The second-order valence-corrected chi connectivity index (χ2v) is 10.4. The number of hydrogen-bond acceptors (Lipinski definition) is 7. The van der Waals surface area contributed by atoms with Crippen molar-refractivity contribution in [3.63, 3.8) is 0 Å². The van der Waals surface area contributed by atoms with Crippen LogP contribution in [0.3, 0.4) is 0 Å². The molecule has 0 bridgehead atoms. The molecule has 0 spiro atoms. The molecule has 148 valence electrons. The quantitative estimate of drug-likeness (QED) is 0.491. The lowest BCUT2D eigenvalue weighted by Crippen LogP contribution is -2.40.